The number of hydrogen-bond acceptors (Lipinski definition) is 3. The monoisotopic (exact) mass is 304 g/mol. The van der Waals surface area contributed by atoms with Crippen LogP contribution in [0.3, 0.4) is 0 Å². The molecule has 2 N–H and O–H groups in total. The molecular formula is C15H32N2O2S. The molecule has 1 rings (SSSR count). The van der Waals surface area contributed by atoms with Gasteiger partial charge in [0.25, 0.3) is 0 Å². The number of nitrogens with zero attached hydrogens (tertiary/aromatic N) is 1. The molecule has 0 amide bonds. The first-order chi connectivity index (χ1) is 9.02. The predicted octanol–water partition coefficient (Wildman–Crippen LogP) is 2.59. The molecule has 0 saturated heterocycles. The van der Waals surface area contributed by atoms with E-state index in [1.165, 1.54) is 0 Å². The van der Waals surface area contributed by atoms with Crippen LogP contribution in [0.25, 0.3) is 0 Å². The van der Waals surface area contributed by atoms with Gasteiger partial charge >= 0.3 is 0 Å². The molecule has 0 atom stereocenters. The fraction of sp³-hybridized carbons (Fsp3) is 1.00. The summed E-state index contributed by atoms with van der Waals surface area (Å²) in [6.45, 7) is 8.87. The van der Waals surface area contributed by atoms with Crippen molar-refractivity contribution in [2.75, 3.05) is 19.3 Å². The minimum atomic E-state index is -3.23. The minimum absolute atomic E-state index is 0.0326. The van der Waals surface area contributed by atoms with Gasteiger partial charge in [-0.1, -0.05) is 27.7 Å². The van der Waals surface area contributed by atoms with Crippen LogP contribution in [-0.4, -0.2) is 37.6 Å². The summed E-state index contributed by atoms with van der Waals surface area (Å²) in [6, 6.07) is 0. The molecule has 0 bridgehead atoms. The van der Waals surface area contributed by atoms with Crippen molar-refractivity contribution in [3.8, 4) is 0 Å². The van der Waals surface area contributed by atoms with Crippen molar-refractivity contribution >= 4 is 10.0 Å². The van der Waals surface area contributed by atoms with Crippen molar-refractivity contribution in [2.24, 2.45) is 17.1 Å². The number of sulfonamides is 1. The molecule has 0 aliphatic heterocycles. The van der Waals surface area contributed by atoms with Crippen LogP contribution in [0.1, 0.15) is 59.8 Å². The Bertz CT molecular complexity index is 404. The zero-order chi connectivity index (χ0) is 15.6. The molecule has 1 aliphatic rings. The van der Waals surface area contributed by atoms with E-state index in [0.29, 0.717) is 18.9 Å². The van der Waals surface area contributed by atoms with Crippen molar-refractivity contribution in [1.82, 2.24) is 4.31 Å². The lowest BCUT2D eigenvalue weighted by molar-refractivity contribution is 0.135. The summed E-state index contributed by atoms with van der Waals surface area (Å²) in [7, 11) is -1.50. The quantitative estimate of drug-likeness (QED) is 0.849. The standard InChI is InChI=1S/C15H32N2O2S/c1-13-6-8-15(12-16,9-7-13)17(5)20(18,19)11-10-14(2,3)4/h13H,6-12,16H2,1-5H3. The Hall–Kier alpha value is -0.130. The van der Waals surface area contributed by atoms with Gasteiger partial charge in [-0.25, -0.2) is 8.42 Å². The van der Waals surface area contributed by atoms with E-state index in [-0.39, 0.29) is 16.7 Å². The van der Waals surface area contributed by atoms with E-state index in [9.17, 15) is 8.42 Å². The van der Waals surface area contributed by atoms with Crippen LogP contribution in [0.2, 0.25) is 0 Å². The van der Waals surface area contributed by atoms with Crippen LogP contribution >= 0.6 is 0 Å². The average Bonchev–Trinajstić information content (AvgIpc) is 2.36. The minimum Gasteiger partial charge on any atom is -0.329 e. The molecule has 1 saturated carbocycles. The predicted molar refractivity (Wildman–Crippen MR) is 85.0 cm³/mol. The lowest BCUT2D eigenvalue weighted by atomic mass is 9.77. The Morgan fingerprint density at radius 3 is 2.15 bits per heavy atom. The molecule has 20 heavy (non-hydrogen) atoms. The molecule has 120 valence electrons. The van der Waals surface area contributed by atoms with Crippen LogP contribution in [0.4, 0.5) is 0 Å². The van der Waals surface area contributed by atoms with Gasteiger partial charge in [-0.3, -0.25) is 0 Å². The first-order valence-corrected chi connectivity index (χ1v) is 9.30. The zero-order valence-corrected chi connectivity index (χ0v) is 14.6. The Balaban J connectivity index is 2.82. The van der Waals surface area contributed by atoms with Crippen molar-refractivity contribution in [1.29, 1.82) is 0 Å². The van der Waals surface area contributed by atoms with E-state index in [2.05, 4.69) is 27.7 Å². The molecule has 0 heterocycles. The van der Waals surface area contributed by atoms with Crippen molar-refractivity contribution in [3.63, 3.8) is 0 Å². The van der Waals surface area contributed by atoms with Gasteiger partial charge in [0.2, 0.25) is 10.0 Å². The molecule has 5 heteroatoms. The summed E-state index contributed by atoms with van der Waals surface area (Å²) in [5.41, 5.74) is 5.63. The van der Waals surface area contributed by atoms with E-state index in [1.807, 2.05) is 0 Å². The molecule has 1 aliphatic carbocycles. The Morgan fingerprint density at radius 2 is 1.75 bits per heavy atom. The molecule has 0 spiro atoms. The molecule has 4 nitrogen and oxygen atoms in total. The Labute approximate surface area is 125 Å². The highest BCUT2D eigenvalue weighted by Crippen LogP contribution is 2.37. The smallest absolute Gasteiger partial charge is 0.214 e. The molecule has 0 radical (unpaired) electrons. The number of likely N-dealkylation sites (N-methyl/N-ethyl adjacent to an activating group) is 1. The van der Waals surface area contributed by atoms with Gasteiger partial charge in [0.15, 0.2) is 0 Å². The third-order valence-corrected chi connectivity index (χ3v) is 6.72. The molecule has 0 aromatic heterocycles. The van der Waals surface area contributed by atoms with E-state index < -0.39 is 10.0 Å². The highest BCUT2D eigenvalue weighted by atomic mass is 32.2. The van der Waals surface area contributed by atoms with Gasteiger partial charge < -0.3 is 5.73 Å². The summed E-state index contributed by atoms with van der Waals surface area (Å²) in [6.07, 6.45) is 4.58. The first-order valence-electron chi connectivity index (χ1n) is 7.69. The highest BCUT2D eigenvalue weighted by molar-refractivity contribution is 7.89. The Morgan fingerprint density at radius 1 is 1.25 bits per heavy atom. The highest BCUT2D eigenvalue weighted by Gasteiger charge is 2.42. The fourth-order valence-electron chi connectivity index (χ4n) is 2.81. The van der Waals surface area contributed by atoms with Crippen LogP contribution in [0.15, 0.2) is 0 Å². The maximum atomic E-state index is 12.6. The van der Waals surface area contributed by atoms with Crippen molar-refractivity contribution in [3.05, 3.63) is 0 Å². The van der Waals surface area contributed by atoms with Gasteiger partial charge in [-0.15, -0.1) is 0 Å². The normalized spacial score (nSPS) is 28.9. The first kappa shape index (κ1) is 17.9. The van der Waals surface area contributed by atoms with Gasteiger partial charge in [-0.05, 0) is 43.4 Å². The fourth-order valence-corrected chi connectivity index (χ4v) is 4.81. The van der Waals surface area contributed by atoms with E-state index >= 15 is 0 Å². The summed E-state index contributed by atoms with van der Waals surface area (Å²) < 4.78 is 26.8. The topological polar surface area (TPSA) is 63.4 Å². The van der Waals surface area contributed by atoms with Gasteiger partial charge in [0.05, 0.1) is 5.75 Å². The van der Waals surface area contributed by atoms with E-state index in [4.69, 9.17) is 5.73 Å². The molecular weight excluding hydrogens is 272 g/mol. The van der Waals surface area contributed by atoms with Crippen LogP contribution < -0.4 is 5.73 Å². The SMILES string of the molecule is CC1CCC(CN)(N(C)S(=O)(=O)CCC(C)(C)C)CC1. The second-order valence-electron chi connectivity index (χ2n) is 7.71. The number of nitrogens with two attached hydrogens (primary N) is 1. The van der Waals surface area contributed by atoms with Crippen LogP contribution in [0, 0.1) is 11.3 Å². The summed E-state index contributed by atoms with van der Waals surface area (Å²) in [5, 5.41) is 0. The largest absolute Gasteiger partial charge is 0.329 e. The second-order valence-corrected chi connectivity index (χ2v) is 9.82. The lowest BCUT2D eigenvalue weighted by Crippen LogP contribution is -2.56. The average molecular weight is 305 g/mol. The van der Waals surface area contributed by atoms with E-state index in [0.717, 1.165) is 25.7 Å². The van der Waals surface area contributed by atoms with Gasteiger partial charge in [0.1, 0.15) is 0 Å². The third kappa shape index (κ3) is 4.43. The number of hydrogen-bond donors (Lipinski definition) is 1. The summed E-state index contributed by atoms with van der Waals surface area (Å²) in [4.78, 5) is 0. The Kier molecular flexibility index (Phi) is 5.67. The molecule has 0 aromatic rings. The lowest BCUT2D eigenvalue weighted by Gasteiger charge is -2.44. The van der Waals surface area contributed by atoms with Gasteiger partial charge in [0, 0.05) is 19.1 Å². The zero-order valence-electron chi connectivity index (χ0n) is 13.8. The molecule has 0 unspecified atom stereocenters. The van der Waals surface area contributed by atoms with E-state index in [1.54, 1.807) is 11.4 Å². The maximum absolute atomic E-state index is 12.6. The van der Waals surface area contributed by atoms with Crippen LogP contribution in [-0.2, 0) is 10.0 Å². The van der Waals surface area contributed by atoms with Crippen molar-refractivity contribution in [2.45, 2.75) is 65.3 Å². The third-order valence-electron chi connectivity index (χ3n) is 4.78. The van der Waals surface area contributed by atoms with Crippen LogP contribution in [0.5, 0.6) is 0 Å². The molecule has 1 fully saturated rings. The number of rotatable bonds is 5. The van der Waals surface area contributed by atoms with Crippen molar-refractivity contribution < 1.29 is 8.42 Å². The summed E-state index contributed by atoms with van der Waals surface area (Å²) >= 11 is 0. The second kappa shape index (κ2) is 6.32. The summed E-state index contributed by atoms with van der Waals surface area (Å²) in [5.74, 6) is 0.893. The maximum Gasteiger partial charge on any atom is 0.214 e. The van der Waals surface area contributed by atoms with Gasteiger partial charge in [-0.2, -0.15) is 4.31 Å². The molecule has 0 aromatic carbocycles.